The zero-order valence-electron chi connectivity index (χ0n) is 19.4. The monoisotopic (exact) mass is 451 g/mol. The maximum atomic E-state index is 5.76. The van der Waals surface area contributed by atoms with Crippen LogP contribution in [0, 0.1) is 0 Å². The molecule has 1 atom stereocenters. The van der Waals surface area contributed by atoms with Gasteiger partial charge in [0.25, 0.3) is 0 Å². The van der Waals surface area contributed by atoms with Gasteiger partial charge in [-0.05, 0) is 32.2 Å². The molecule has 2 aliphatic rings. The summed E-state index contributed by atoms with van der Waals surface area (Å²) >= 11 is 0. The minimum absolute atomic E-state index is 0.246. The first kappa shape index (κ1) is 22.0. The van der Waals surface area contributed by atoms with Crippen molar-refractivity contribution in [3.8, 4) is 11.1 Å². The van der Waals surface area contributed by atoms with E-state index in [1.165, 1.54) is 0 Å². The van der Waals surface area contributed by atoms with Gasteiger partial charge in [-0.2, -0.15) is 5.10 Å². The molecule has 10 nitrogen and oxygen atoms in total. The lowest BCUT2D eigenvalue weighted by molar-refractivity contribution is 0.187. The topological polar surface area (TPSA) is 119 Å². The Morgan fingerprint density at radius 1 is 1.09 bits per heavy atom. The molecule has 5 rings (SSSR count). The number of piperidine rings is 1. The van der Waals surface area contributed by atoms with E-state index in [0.717, 1.165) is 80.1 Å². The van der Waals surface area contributed by atoms with Crippen LogP contribution >= 0.6 is 0 Å². The van der Waals surface area contributed by atoms with E-state index in [0.29, 0.717) is 24.0 Å². The Labute approximate surface area is 193 Å². The molecule has 4 N–H and O–H groups in total. The van der Waals surface area contributed by atoms with E-state index < -0.39 is 0 Å². The van der Waals surface area contributed by atoms with Crippen molar-refractivity contribution in [2.75, 3.05) is 43.6 Å². The number of nitrogens with one attached hydrogen (secondary N) is 2. The first-order chi connectivity index (χ1) is 16.2. The predicted molar refractivity (Wildman–Crippen MR) is 129 cm³/mol. The summed E-state index contributed by atoms with van der Waals surface area (Å²) < 4.78 is 7.64. The lowest BCUT2D eigenvalue weighted by Gasteiger charge is -2.31. The van der Waals surface area contributed by atoms with E-state index >= 15 is 0 Å². The second kappa shape index (κ2) is 9.58. The Bertz CT molecular complexity index is 1100. The van der Waals surface area contributed by atoms with E-state index in [9.17, 15) is 0 Å². The molecular weight excluding hydrogens is 418 g/mol. The molecule has 2 aliphatic heterocycles. The van der Waals surface area contributed by atoms with Crippen molar-refractivity contribution in [2.24, 2.45) is 5.84 Å². The number of hydrogen-bond donors (Lipinski definition) is 3. The van der Waals surface area contributed by atoms with Crippen molar-refractivity contribution in [2.45, 2.75) is 51.6 Å². The molecule has 2 fully saturated rings. The first-order valence-electron chi connectivity index (χ1n) is 12.0. The van der Waals surface area contributed by atoms with Crippen LogP contribution in [0.2, 0.25) is 0 Å². The van der Waals surface area contributed by atoms with Crippen LogP contribution < -0.4 is 16.6 Å². The highest BCUT2D eigenvalue weighted by atomic mass is 16.5. The number of aryl methyl sites for hydroxylation is 1. The summed E-state index contributed by atoms with van der Waals surface area (Å²) in [4.78, 5) is 17.0. The van der Waals surface area contributed by atoms with E-state index in [-0.39, 0.29) is 6.04 Å². The van der Waals surface area contributed by atoms with Gasteiger partial charge < -0.3 is 20.4 Å². The van der Waals surface area contributed by atoms with Gasteiger partial charge in [-0.25, -0.2) is 20.8 Å². The highest BCUT2D eigenvalue weighted by Gasteiger charge is 2.23. The van der Waals surface area contributed by atoms with Gasteiger partial charge in [0, 0.05) is 43.2 Å². The average Bonchev–Trinajstić information content (AvgIpc) is 3.55. The maximum Gasteiger partial charge on any atom is 0.168 e. The van der Waals surface area contributed by atoms with Gasteiger partial charge in [-0.1, -0.05) is 13.8 Å². The quantitative estimate of drug-likeness (QED) is 0.368. The van der Waals surface area contributed by atoms with E-state index in [4.69, 9.17) is 25.6 Å². The molecule has 0 bridgehead atoms. The number of likely N-dealkylation sites (tertiary alicyclic amines) is 1. The van der Waals surface area contributed by atoms with Gasteiger partial charge in [-0.3, -0.25) is 4.68 Å². The molecule has 176 valence electrons. The Morgan fingerprint density at radius 3 is 2.64 bits per heavy atom. The molecule has 3 aromatic rings. The van der Waals surface area contributed by atoms with Crippen molar-refractivity contribution in [1.82, 2.24) is 29.6 Å². The molecule has 33 heavy (non-hydrogen) atoms. The van der Waals surface area contributed by atoms with Crippen LogP contribution in [0.1, 0.15) is 44.8 Å². The number of hydrazine groups is 1. The van der Waals surface area contributed by atoms with Crippen LogP contribution in [-0.4, -0.2) is 68.5 Å². The van der Waals surface area contributed by atoms with Crippen molar-refractivity contribution in [3.05, 3.63) is 24.3 Å². The van der Waals surface area contributed by atoms with Crippen LogP contribution in [0.5, 0.6) is 0 Å². The van der Waals surface area contributed by atoms with Gasteiger partial charge >= 0.3 is 0 Å². The summed E-state index contributed by atoms with van der Waals surface area (Å²) in [6.45, 7) is 9.09. The number of nitrogens with two attached hydrogens (primary N) is 1. The third kappa shape index (κ3) is 4.38. The van der Waals surface area contributed by atoms with Crippen LogP contribution in [-0.2, 0) is 11.2 Å². The molecule has 0 aliphatic carbocycles. The Morgan fingerprint density at radius 2 is 1.94 bits per heavy atom. The van der Waals surface area contributed by atoms with Crippen molar-refractivity contribution < 1.29 is 4.74 Å². The van der Waals surface area contributed by atoms with Crippen molar-refractivity contribution in [3.63, 3.8) is 0 Å². The fraction of sp³-hybridized carbons (Fsp3) is 0.565. The zero-order valence-corrected chi connectivity index (χ0v) is 19.4. The lowest BCUT2D eigenvalue weighted by Crippen LogP contribution is -2.34. The van der Waals surface area contributed by atoms with Crippen molar-refractivity contribution in [1.29, 1.82) is 0 Å². The highest BCUT2D eigenvalue weighted by Crippen LogP contribution is 2.32. The number of rotatable bonds is 7. The predicted octanol–water partition coefficient (Wildman–Crippen LogP) is 2.59. The summed E-state index contributed by atoms with van der Waals surface area (Å²) in [6.07, 6.45) is 9.77. The van der Waals surface area contributed by atoms with E-state index in [2.05, 4.69) is 45.4 Å². The van der Waals surface area contributed by atoms with Gasteiger partial charge in [-0.15, -0.1) is 0 Å². The lowest BCUT2D eigenvalue weighted by atomic mass is 10.1. The van der Waals surface area contributed by atoms with E-state index in [1.54, 1.807) is 6.20 Å². The number of ether oxygens (including phenoxy) is 1. The fourth-order valence-electron chi connectivity index (χ4n) is 4.77. The van der Waals surface area contributed by atoms with Gasteiger partial charge in [0.05, 0.1) is 30.6 Å². The fourth-order valence-corrected chi connectivity index (χ4v) is 4.77. The number of pyridine rings is 1. The van der Waals surface area contributed by atoms with E-state index in [1.807, 2.05) is 6.20 Å². The van der Waals surface area contributed by atoms with Gasteiger partial charge in [0.2, 0.25) is 0 Å². The summed E-state index contributed by atoms with van der Waals surface area (Å²) in [5, 5.41) is 8.24. The summed E-state index contributed by atoms with van der Waals surface area (Å²) in [6, 6.07) is 0.666. The summed E-state index contributed by atoms with van der Waals surface area (Å²) in [5.74, 6) is 7.08. The largest absolute Gasteiger partial charge is 0.379 e. The molecule has 0 spiro atoms. The number of anilines is 2. The van der Waals surface area contributed by atoms with Crippen LogP contribution in [0.25, 0.3) is 22.2 Å². The number of nitrogens with zero attached hydrogens (tertiary/aromatic N) is 6. The van der Waals surface area contributed by atoms with Crippen LogP contribution in [0.15, 0.2) is 18.6 Å². The molecular formula is C23H33N9O. The zero-order chi connectivity index (χ0) is 22.8. The number of hydrogen-bond acceptors (Lipinski definition) is 9. The molecule has 0 amide bonds. The standard InChI is InChI=1S/C23H33N9O/c1-3-19-22(27-16-7-10-33-14-16)29-20-18(12-25-23(30-24)21(20)28-19)15-11-26-32(13-15)17-5-8-31(4-2)9-6-17/h11-13,16-17H,3-10,14,24H2,1-2H3,(H,25,30)(H,27,29)/t16-/m0/s1. The smallest absolute Gasteiger partial charge is 0.168 e. The third-order valence-electron chi connectivity index (χ3n) is 6.80. The maximum absolute atomic E-state index is 5.76. The van der Waals surface area contributed by atoms with Crippen LogP contribution in [0.3, 0.4) is 0 Å². The Hall–Kier alpha value is -2.82. The molecule has 3 aromatic heterocycles. The Balaban J connectivity index is 1.52. The molecule has 2 saturated heterocycles. The molecule has 10 heteroatoms. The minimum Gasteiger partial charge on any atom is -0.379 e. The molecule has 0 radical (unpaired) electrons. The van der Waals surface area contributed by atoms with Gasteiger partial charge in [0.15, 0.2) is 5.82 Å². The molecule has 0 unspecified atom stereocenters. The second-order valence-electron chi connectivity index (χ2n) is 8.81. The number of nitrogen functional groups attached to an aromatic ring is 1. The molecule has 5 heterocycles. The molecule has 0 aromatic carbocycles. The van der Waals surface area contributed by atoms with Crippen molar-refractivity contribution >= 4 is 22.7 Å². The first-order valence-corrected chi connectivity index (χ1v) is 12.0. The van der Waals surface area contributed by atoms with Gasteiger partial charge in [0.1, 0.15) is 16.9 Å². The third-order valence-corrected chi connectivity index (χ3v) is 6.80. The average molecular weight is 452 g/mol. The number of fused-ring (bicyclic) bond motifs is 1. The second-order valence-corrected chi connectivity index (χ2v) is 8.81. The highest BCUT2D eigenvalue weighted by molar-refractivity contribution is 5.97. The summed E-state index contributed by atoms with van der Waals surface area (Å²) in [5.41, 5.74) is 6.90. The number of aromatic nitrogens is 5. The molecule has 0 saturated carbocycles. The minimum atomic E-state index is 0.246. The summed E-state index contributed by atoms with van der Waals surface area (Å²) in [7, 11) is 0. The van der Waals surface area contributed by atoms with Crippen LogP contribution in [0.4, 0.5) is 11.6 Å². The SMILES string of the molecule is CCc1nc2c(NN)ncc(-c3cnn(C4CCN(CC)CC4)c3)c2nc1N[C@H]1CCOC1. The normalized spacial score (nSPS) is 19.9. The Kier molecular flexibility index (Phi) is 6.39.